The zero-order valence-electron chi connectivity index (χ0n) is 11.8. The fraction of sp³-hybridized carbons (Fsp3) is 1.00. The summed E-state index contributed by atoms with van der Waals surface area (Å²) in [6.07, 6.45) is 4.37. The Morgan fingerprint density at radius 3 is 2.44 bits per heavy atom. The van der Waals surface area contributed by atoms with Crippen LogP contribution in [0.1, 0.15) is 53.9 Å². The molecule has 1 rings (SSSR count). The summed E-state index contributed by atoms with van der Waals surface area (Å²) in [5, 5.41) is 3.41. The maximum atomic E-state index is 6.20. The summed E-state index contributed by atoms with van der Waals surface area (Å²) in [5.41, 5.74) is 0.333. The zero-order chi connectivity index (χ0) is 12.3. The molecule has 0 aromatic rings. The zero-order valence-corrected chi connectivity index (χ0v) is 11.8. The highest BCUT2D eigenvalue weighted by Crippen LogP contribution is 2.46. The normalized spacial score (nSPS) is 36.2. The molecule has 0 saturated heterocycles. The van der Waals surface area contributed by atoms with E-state index in [2.05, 4.69) is 47.0 Å². The van der Waals surface area contributed by atoms with E-state index in [0.29, 0.717) is 23.7 Å². The lowest BCUT2D eigenvalue weighted by molar-refractivity contribution is -0.154. The van der Waals surface area contributed by atoms with E-state index in [-0.39, 0.29) is 0 Å². The third-order valence-corrected chi connectivity index (χ3v) is 4.29. The van der Waals surface area contributed by atoms with Crippen LogP contribution in [0.5, 0.6) is 0 Å². The van der Waals surface area contributed by atoms with Gasteiger partial charge in [-0.2, -0.15) is 0 Å². The predicted molar refractivity (Wildman–Crippen MR) is 69.7 cm³/mol. The van der Waals surface area contributed by atoms with Crippen LogP contribution in [-0.4, -0.2) is 25.3 Å². The first-order valence-corrected chi connectivity index (χ1v) is 6.76. The molecule has 0 bridgehead atoms. The van der Waals surface area contributed by atoms with Gasteiger partial charge in [-0.25, -0.2) is 0 Å². The quantitative estimate of drug-likeness (QED) is 0.752. The number of hydrogen-bond donors (Lipinski definition) is 1. The summed E-state index contributed by atoms with van der Waals surface area (Å²) in [6, 6.07) is 0.633. The second kappa shape index (κ2) is 5.50. The minimum atomic E-state index is 0.333. The predicted octanol–water partition coefficient (Wildman–Crippen LogP) is 3.21. The molecule has 2 heteroatoms. The Balaban J connectivity index is 2.44. The van der Waals surface area contributed by atoms with Crippen LogP contribution < -0.4 is 5.32 Å². The van der Waals surface area contributed by atoms with Gasteiger partial charge in [-0.3, -0.25) is 0 Å². The van der Waals surface area contributed by atoms with E-state index in [1.807, 2.05) is 0 Å². The maximum Gasteiger partial charge on any atom is 0.0662 e. The molecule has 1 saturated carbocycles. The largest absolute Gasteiger partial charge is 0.375 e. The van der Waals surface area contributed by atoms with Crippen molar-refractivity contribution < 1.29 is 4.74 Å². The van der Waals surface area contributed by atoms with Crippen molar-refractivity contribution in [3.63, 3.8) is 0 Å². The third-order valence-electron chi connectivity index (χ3n) is 4.29. The molecule has 96 valence electrons. The fourth-order valence-corrected chi connectivity index (χ4v) is 2.95. The van der Waals surface area contributed by atoms with E-state index in [0.717, 1.165) is 5.92 Å². The average molecular weight is 227 g/mol. The Kier molecular flexibility index (Phi) is 4.81. The van der Waals surface area contributed by atoms with E-state index in [1.54, 1.807) is 0 Å². The second-order valence-electron chi connectivity index (χ2n) is 6.00. The molecule has 2 nitrogen and oxygen atoms in total. The molecule has 0 aromatic heterocycles. The molecule has 0 amide bonds. The number of rotatable bonds is 6. The van der Waals surface area contributed by atoms with E-state index in [1.165, 1.54) is 19.3 Å². The molecule has 16 heavy (non-hydrogen) atoms. The number of ether oxygens (including phenoxy) is 1. The fourth-order valence-electron chi connectivity index (χ4n) is 2.95. The van der Waals surface area contributed by atoms with Crippen LogP contribution in [0, 0.1) is 11.3 Å². The van der Waals surface area contributed by atoms with Crippen LogP contribution in [-0.2, 0) is 4.74 Å². The van der Waals surface area contributed by atoms with E-state index in [4.69, 9.17) is 4.74 Å². The monoisotopic (exact) mass is 227 g/mol. The van der Waals surface area contributed by atoms with Crippen molar-refractivity contribution in [1.29, 1.82) is 0 Å². The topological polar surface area (TPSA) is 21.3 Å². The van der Waals surface area contributed by atoms with Crippen molar-refractivity contribution in [3.8, 4) is 0 Å². The average Bonchev–Trinajstić information content (AvgIpc) is 2.21. The van der Waals surface area contributed by atoms with Crippen LogP contribution in [0.15, 0.2) is 0 Å². The van der Waals surface area contributed by atoms with E-state index < -0.39 is 0 Å². The van der Waals surface area contributed by atoms with Crippen LogP contribution in [0.2, 0.25) is 0 Å². The van der Waals surface area contributed by atoms with Crippen molar-refractivity contribution in [1.82, 2.24) is 5.32 Å². The number of hydrogen-bond acceptors (Lipinski definition) is 2. The van der Waals surface area contributed by atoms with Gasteiger partial charge in [-0.1, -0.05) is 27.7 Å². The Bertz CT molecular complexity index is 217. The third kappa shape index (κ3) is 2.78. The van der Waals surface area contributed by atoms with Gasteiger partial charge in [0.05, 0.1) is 12.2 Å². The molecule has 0 spiro atoms. The standard InChI is InChI=1S/C14H29NO/c1-7-14(5)12(15-6)9-13(14)16-11(4)8-10(2)3/h10-13,15H,7-9H2,1-6H3. The smallest absolute Gasteiger partial charge is 0.0662 e. The van der Waals surface area contributed by atoms with Crippen molar-refractivity contribution in [2.45, 2.75) is 72.1 Å². The van der Waals surface area contributed by atoms with Gasteiger partial charge in [-0.15, -0.1) is 0 Å². The highest BCUT2D eigenvalue weighted by Gasteiger charge is 2.50. The molecule has 1 aliphatic carbocycles. The van der Waals surface area contributed by atoms with Crippen molar-refractivity contribution in [2.24, 2.45) is 11.3 Å². The minimum Gasteiger partial charge on any atom is -0.375 e. The Morgan fingerprint density at radius 2 is 2.00 bits per heavy atom. The molecular formula is C14H29NO. The summed E-state index contributed by atoms with van der Waals surface area (Å²) in [5.74, 6) is 0.725. The van der Waals surface area contributed by atoms with E-state index >= 15 is 0 Å². The van der Waals surface area contributed by atoms with Crippen molar-refractivity contribution >= 4 is 0 Å². The molecule has 0 aliphatic heterocycles. The highest BCUT2D eigenvalue weighted by atomic mass is 16.5. The molecule has 0 heterocycles. The summed E-state index contributed by atoms with van der Waals surface area (Å²) in [6.45, 7) is 11.4. The minimum absolute atomic E-state index is 0.333. The molecule has 0 radical (unpaired) electrons. The van der Waals surface area contributed by atoms with Gasteiger partial charge in [0, 0.05) is 11.5 Å². The molecule has 1 fully saturated rings. The van der Waals surface area contributed by atoms with Gasteiger partial charge in [0.25, 0.3) is 0 Å². The van der Waals surface area contributed by atoms with Crippen molar-refractivity contribution in [2.75, 3.05) is 7.05 Å². The SMILES string of the molecule is CCC1(C)C(NC)CC1OC(C)CC(C)C. The van der Waals surface area contributed by atoms with Gasteiger partial charge < -0.3 is 10.1 Å². The molecule has 1 N–H and O–H groups in total. The molecule has 0 aromatic carbocycles. The Hall–Kier alpha value is -0.0800. The lowest BCUT2D eigenvalue weighted by Crippen LogP contribution is -2.61. The van der Waals surface area contributed by atoms with E-state index in [9.17, 15) is 0 Å². The first-order valence-electron chi connectivity index (χ1n) is 6.76. The van der Waals surface area contributed by atoms with Gasteiger partial charge in [0.15, 0.2) is 0 Å². The summed E-state index contributed by atoms with van der Waals surface area (Å²) in [7, 11) is 2.06. The van der Waals surface area contributed by atoms with Crippen LogP contribution >= 0.6 is 0 Å². The Morgan fingerprint density at radius 1 is 1.38 bits per heavy atom. The summed E-state index contributed by atoms with van der Waals surface area (Å²) < 4.78 is 6.20. The number of nitrogens with one attached hydrogen (secondary N) is 1. The van der Waals surface area contributed by atoms with Gasteiger partial charge in [0.1, 0.15) is 0 Å². The lowest BCUT2D eigenvalue weighted by Gasteiger charge is -2.54. The van der Waals surface area contributed by atoms with Gasteiger partial charge >= 0.3 is 0 Å². The van der Waals surface area contributed by atoms with Crippen LogP contribution in [0.4, 0.5) is 0 Å². The Labute approximate surface area is 101 Å². The lowest BCUT2D eigenvalue weighted by atomic mass is 9.61. The van der Waals surface area contributed by atoms with Crippen LogP contribution in [0.25, 0.3) is 0 Å². The molecule has 4 atom stereocenters. The highest BCUT2D eigenvalue weighted by molar-refractivity contribution is 5.04. The first kappa shape index (κ1) is 14.0. The van der Waals surface area contributed by atoms with Gasteiger partial charge in [0.2, 0.25) is 0 Å². The molecule has 1 aliphatic rings. The first-order chi connectivity index (χ1) is 7.43. The van der Waals surface area contributed by atoms with Gasteiger partial charge in [-0.05, 0) is 39.2 Å². The summed E-state index contributed by atoms with van der Waals surface area (Å²) in [4.78, 5) is 0. The van der Waals surface area contributed by atoms with Crippen molar-refractivity contribution in [3.05, 3.63) is 0 Å². The summed E-state index contributed by atoms with van der Waals surface area (Å²) >= 11 is 0. The van der Waals surface area contributed by atoms with Crippen LogP contribution in [0.3, 0.4) is 0 Å². The molecule has 4 unspecified atom stereocenters. The molecular weight excluding hydrogens is 198 g/mol. The maximum absolute atomic E-state index is 6.20. The second-order valence-corrected chi connectivity index (χ2v) is 6.00.